The third-order valence-electron chi connectivity index (χ3n) is 4.67. The summed E-state index contributed by atoms with van der Waals surface area (Å²) in [5.74, 6) is -0.750. The number of morpholine rings is 1. The Hall–Kier alpha value is -2.16. The Morgan fingerprint density at radius 2 is 2.12 bits per heavy atom. The van der Waals surface area contributed by atoms with Crippen LogP contribution in [0.15, 0.2) is 27.4 Å². The number of rotatable bonds is 4. The van der Waals surface area contributed by atoms with Gasteiger partial charge < -0.3 is 19.2 Å². The summed E-state index contributed by atoms with van der Waals surface area (Å²) < 4.78 is 16.4. The first kappa shape index (κ1) is 16.3. The molecule has 3 heterocycles. The van der Waals surface area contributed by atoms with Crippen molar-refractivity contribution in [3.05, 3.63) is 28.7 Å². The van der Waals surface area contributed by atoms with Crippen LogP contribution in [-0.2, 0) is 14.3 Å². The molecule has 0 aliphatic carbocycles. The van der Waals surface area contributed by atoms with E-state index in [4.69, 9.17) is 13.9 Å². The molecule has 2 aliphatic rings. The maximum atomic E-state index is 12.5. The van der Waals surface area contributed by atoms with Crippen LogP contribution in [0.4, 0.5) is 5.69 Å². The average molecular weight is 347 g/mol. The van der Waals surface area contributed by atoms with Crippen LogP contribution in [0.3, 0.4) is 0 Å². The zero-order valence-corrected chi connectivity index (χ0v) is 13.8. The van der Waals surface area contributed by atoms with Crippen molar-refractivity contribution >= 4 is 22.7 Å². The van der Waals surface area contributed by atoms with Gasteiger partial charge in [-0.3, -0.25) is 14.7 Å². The van der Waals surface area contributed by atoms with Gasteiger partial charge in [0.1, 0.15) is 6.10 Å². The summed E-state index contributed by atoms with van der Waals surface area (Å²) in [6, 6.07) is 5.18. The number of fused-ring (bicyclic) bond motifs is 1. The lowest BCUT2D eigenvalue weighted by Crippen LogP contribution is -2.41. The molecule has 1 amide bonds. The Morgan fingerprint density at radius 3 is 2.96 bits per heavy atom. The minimum Gasteiger partial charge on any atom is -0.406 e. The molecule has 0 bridgehead atoms. The molecule has 4 rings (SSSR count). The summed E-state index contributed by atoms with van der Waals surface area (Å²) in [5.41, 5.74) is 1.38. The summed E-state index contributed by atoms with van der Waals surface area (Å²) in [4.78, 5) is 28.7. The molecule has 2 fully saturated rings. The molecular weight excluding hydrogens is 326 g/mol. The number of nitrogens with zero attached hydrogens (tertiary/aromatic N) is 1. The molecule has 0 radical (unpaired) electrons. The zero-order chi connectivity index (χ0) is 17.2. The second-order valence-corrected chi connectivity index (χ2v) is 6.42. The van der Waals surface area contributed by atoms with Crippen molar-refractivity contribution in [2.45, 2.75) is 25.0 Å². The molecule has 2 atom stereocenters. The molecule has 2 saturated heterocycles. The monoisotopic (exact) mass is 347 g/mol. The minimum atomic E-state index is -0.542. The molecule has 1 aromatic heterocycles. The SMILES string of the molecule is O=C(Nc1cccc2[nH]c(=O)oc12)[C@@H]1CC[C@H](CN2CCOCC2)O1. The third-order valence-corrected chi connectivity index (χ3v) is 4.67. The van der Waals surface area contributed by atoms with Crippen molar-refractivity contribution in [3.63, 3.8) is 0 Å². The van der Waals surface area contributed by atoms with E-state index in [0.717, 1.165) is 39.3 Å². The van der Waals surface area contributed by atoms with Gasteiger partial charge in [-0.05, 0) is 25.0 Å². The van der Waals surface area contributed by atoms with Gasteiger partial charge in [-0.15, -0.1) is 0 Å². The largest absolute Gasteiger partial charge is 0.417 e. The van der Waals surface area contributed by atoms with E-state index in [9.17, 15) is 9.59 Å². The number of anilines is 1. The van der Waals surface area contributed by atoms with Crippen LogP contribution >= 0.6 is 0 Å². The van der Waals surface area contributed by atoms with Crippen LogP contribution in [0.5, 0.6) is 0 Å². The van der Waals surface area contributed by atoms with Crippen molar-refractivity contribution in [1.82, 2.24) is 9.88 Å². The smallest absolute Gasteiger partial charge is 0.406 e. The number of amides is 1. The Kier molecular flexibility index (Phi) is 4.56. The number of H-pyrrole nitrogens is 1. The second-order valence-electron chi connectivity index (χ2n) is 6.42. The number of para-hydroxylation sites is 1. The van der Waals surface area contributed by atoms with E-state index < -0.39 is 11.9 Å². The summed E-state index contributed by atoms with van der Waals surface area (Å²) >= 11 is 0. The first-order valence-corrected chi connectivity index (χ1v) is 8.57. The number of aromatic amines is 1. The molecule has 2 aromatic rings. The predicted molar refractivity (Wildman–Crippen MR) is 90.6 cm³/mol. The lowest BCUT2D eigenvalue weighted by atomic mass is 10.1. The molecule has 25 heavy (non-hydrogen) atoms. The molecule has 1 aromatic carbocycles. The normalized spacial score (nSPS) is 24.6. The van der Waals surface area contributed by atoms with E-state index >= 15 is 0 Å². The van der Waals surface area contributed by atoms with Gasteiger partial charge in [0, 0.05) is 19.6 Å². The van der Waals surface area contributed by atoms with E-state index in [1.807, 2.05) is 0 Å². The molecule has 0 saturated carbocycles. The minimum absolute atomic E-state index is 0.0647. The predicted octanol–water partition coefficient (Wildman–Crippen LogP) is 0.939. The van der Waals surface area contributed by atoms with Crippen LogP contribution in [-0.4, -0.2) is 60.8 Å². The van der Waals surface area contributed by atoms with E-state index in [0.29, 0.717) is 23.2 Å². The molecule has 134 valence electrons. The number of benzene rings is 1. The number of oxazole rings is 1. The standard InChI is InChI=1S/C17H21N3O5/c21-16(18-12-2-1-3-13-15(12)25-17(22)19-13)14-5-4-11(24-14)10-20-6-8-23-9-7-20/h1-3,11,14H,4-10H2,(H,18,21)(H,19,22)/t11-,14+/m1/s1. The molecule has 8 heteroatoms. The Bertz CT molecular complexity index is 808. The Labute approximate surface area is 144 Å². The van der Waals surface area contributed by atoms with Gasteiger partial charge in [0.05, 0.1) is 30.5 Å². The van der Waals surface area contributed by atoms with Gasteiger partial charge in [-0.2, -0.15) is 0 Å². The van der Waals surface area contributed by atoms with Crippen molar-refractivity contribution < 1.29 is 18.7 Å². The quantitative estimate of drug-likeness (QED) is 0.854. The summed E-state index contributed by atoms with van der Waals surface area (Å²) in [6.45, 7) is 4.15. The average Bonchev–Trinajstić information content (AvgIpc) is 3.22. The van der Waals surface area contributed by atoms with Gasteiger partial charge in [-0.1, -0.05) is 6.07 Å². The lowest BCUT2D eigenvalue weighted by molar-refractivity contribution is -0.127. The zero-order valence-electron chi connectivity index (χ0n) is 13.8. The van der Waals surface area contributed by atoms with Crippen LogP contribution in [0, 0.1) is 0 Å². The van der Waals surface area contributed by atoms with E-state index in [2.05, 4.69) is 15.2 Å². The molecule has 8 nitrogen and oxygen atoms in total. The fourth-order valence-corrected chi connectivity index (χ4v) is 3.39. The number of carbonyl (C=O) groups is 1. The van der Waals surface area contributed by atoms with Crippen molar-refractivity contribution in [3.8, 4) is 0 Å². The number of nitrogens with one attached hydrogen (secondary N) is 2. The molecule has 0 spiro atoms. The number of hydrogen-bond acceptors (Lipinski definition) is 6. The maximum Gasteiger partial charge on any atom is 0.417 e. The first-order valence-electron chi connectivity index (χ1n) is 8.57. The van der Waals surface area contributed by atoms with E-state index in [-0.39, 0.29) is 12.0 Å². The van der Waals surface area contributed by atoms with Gasteiger partial charge in [-0.25, -0.2) is 4.79 Å². The lowest BCUT2D eigenvalue weighted by Gasteiger charge is -2.28. The van der Waals surface area contributed by atoms with Gasteiger partial charge in [0.25, 0.3) is 5.91 Å². The van der Waals surface area contributed by atoms with Crippen molar-refractivity contribution in [1.29, 1.82) is 0 Å². The number of carbonyl (C=O) groups excluding carboxylic acids is 1. The Balaban J connectivity index is 1.37. The highest BCUT2D eigenvalue weighted by molar-refractivity contribution is 6.00. The highest BCUT2D eigenvalue weighted by atomic mass is 16.5. The fraction of sp³-hybridized carbons (Fsp3) is 0.529. The summed E-state index contributed by atoms with van der Waals surface area (Å²) in [6.07, 6.45) is 1.13. The maximum absolute atomic E-state index is 12.5. The van der Waals surface area contributed by atoms with Gasteiger partial charge >= 0.3 is 5.76 Å². The highest BCUT2D eigenvalue weighted by Crippen LogP contribution is 2.25. The third kappa shape index (κ3) is 3.60. The fourth-order valence-electron chi connectivity index (χ4n) is 3.39. The second kappa shape index (κ2) is 6.99. The molecule has 2 aliphatic heterocycles. The van der Waals surface area contributed by atoms with Gasteiger partial charge in [0.15, 0.2) is 5.58 Å². The Morgan fingerprint density at radius 1 is 1.28 bits per heavy atom. The summed E-state index contributed by atoms with van der Waals surface area (Å²) in [5, 5.41) is 2.81. The van der Waals surface area contributed by atoms with Crippen LogP contribution in [0.2, 0.25) is 0 Å². The molecular formula is C17H21N3O5. The first-order chi connectivity index (χ1) is 12.2. The number of aromatic nitrogens is 1. The molecule has 0 unspecified atom stereocenters. The van der Waals surface area contributed by atoms with E-state index in [1.165, 1.54) is 0 Å². The van der Waals surface area contributed by atoms with Crippen molar-refractivity contribution in [2.75, 3.05) is 38.2 Å². The van der Waals surface area contributed by atoms with Crippen LogP contribution < -0.4 is 11.1 Å². The van der Waals surface area contributed by atoms with Crippen LogP contribution in [0.1, 0.15) is 12.8 Å². The van der Waals surface area contributed by atoms with Crippen LogP contribution in [0.25, 0.3) is 11.1 Å². The number of hydrogen-bond donors (Lipinski definition) is 2. The topological polar surface area (TPSA) is 96.8 Å². The highest BCUT2D eigenvalue weighted by Gasteiger charge is 2.32. The summed E-state index contributed by atoms with van der Waals surface area (Å²) in [7, 11) is 0. The molecule has 2 N–H and O–H groups in total. The van der Waals surface area contributed by atoms with E-state index in [1.54, 1.807) is 18.2 Å². The number of ether oxygens (including phenoxy) is 2. The van der Waals surface area contributed by atoms with Gasteiger partial charge in [0.2, 0.25) is 0 Å². The van der Waals surface area contributed by atoms with Crippen molar-refractivity contribution in [2.24, 2.45) is 0 Å².